The second-order valence-corrected chi connectivity index (χ2v) is 3.77. The Morgan fingerprint density at radius 2 is 1.87 bits per heavy atom. The standard InChI is InChI=1S/C14H18O/c1-2-3-6-11-14(12-15)13-9-7-4-5-8-10-13/h1,4-5,7-10,13-15H,3,6,11-12H2/t14-/m0/s1. The molecule has 0 fully saturated rings. The van der Waals surface area contributed by atoms with Crippen LogP contribution < -0.4 is 0 Å². The van der Waals surface area contributed by atoms with Crippen LogP contribution in [0.4, 0.5) is 0 Å². The van der Waals surface area contributed by atoms with Crippen molar-refractivity contribution in [1.29, 1.82) is 0 Å². The topological polar surface area (TPSA) is 20.2 Å². The van der Waals surface area contributed by atoms with E-state index in [4.69, 9.17) is 6.42 Å². The van der Waals surface area contributed by atoms with Crippen molar-refractivity contribution < 1.29 is 5.11 Å². The number of allylic oxidation sites excluding steroid dienone is 6. The summed E-state index contributed by atoms with van der Waals surface area (Å²) in [4.78, 5) is 0. The fourth-order valence-corrected chi connectivity index (χ4v) is 1.76. The van der Waals surface area contributed by atoms with E-state index in [1.54, 1.807) is 0 Å². The molecule has 1 N–H and O–H groups in total. The summed E-state index contributed by atoms with van der Waals surface area (Å²) in [7, 11) is 0. The Morgan fingerprint density at radius 1 is 1.20 bits per heavy atom. The van der Waals surface area contributed by atoms with Crippen molar-refractivity contribution in [1.82, 2.24) is 0 Å². The summed E-state index contributed by atoms with van der Waals surface area (Å²) in [5, 5.41) is 9.33. The molecule has 1 aliphatic carbocycles. The van der Waals surface area contributed by atoms with Crippen LogP contribution in [0.5, 0.6) is 0 Å². The lowest BCUT2D eigenvalue weighted by molar-refractivity contribution is 0.198. The lowest BCUT2D eigenvalue weighted by Crippen LogP contribution is -2.15. The molecule has 1 heteroatoms. The summed E-state index contributed by atoms with van der Waals surface area (Å²) >= 11 is 0. The molecule has 0 spiro atoms. The van der Waals surface area contributed by atoms with Gasteiger partial charge in [-0.25, -0.2) is 0 Å². The van der Waals surface area contributed by atoms with Gasteiger partial charge in [-0.2, -0.15) is 0 Å². The lowest BCUT2D eigenvalue weighted by atomic mass is 9.88. The van der Waals surface area contributed by atoms with Crippen molar-refractivity contribution in [3.8, 4) is 12.3 Å². The molecule has 0 bridgehead atoms. The largest absolute Gasteiger partial charge is 0.396 e. The minimum Gasteiger partial charge on any atom is -0.396 e. The number of aliphatic hydroxyl groups excluding tert-OH is 1. The Hall–Kier alpha value is -1.26. The number of unbranched alkanes of at least 4 members (excludes halogenated alkanes) is 1. The third-order valence-electron chi connectivity index (χ3n) is 2.67. The van der Waals surface area contributed by atoms with E-state index < -0.39 is 0 Å². The van der Waals surface area contributed by atoms with E-state index >= 15 is 0 Å². The molecule has 1 atom stereocenters. The van der Waals surface area contributed by atoms with E-state index in [1.165, 1.54) is 0 Å². The molecule has 0 unspecified atom stereocenters. The highest BCUT2D eigenvalue weighted by Gasteiger charge is 2.15. The molecule has 1 nitrogen and oxygen atoms in total. The number of hydrogen-bond donors (Lipinski definition) is 1. The molecule has 0 aliphatic heterocycles. The third-order valence-corrected chi connectivity index (χ3v) is 2.67. The minimum absolute atomic E-state index is 0.226. The first-order chi connectivity index (χ1) is 7.38. The lowest BCUT2D eigenvalue weighted by Gasteiger charge is -2.19. The van der Waals surface area contributed by atoms with Crippen molar-refractivity contribution in [2.24, 2.45) is 11.8 Å². The van der Waals surface area contributed by atoms with Crippen LogP contribution in [0.1, 0.15) is 19.3 Å². The summed E-state index contributed by atoms with van der Waals surface area (Å²) in [5.74, 6) is 3.27. The van der Waals surface area contributed by atoms with Crippen LogP contribution in [-0.4, -0.2) is 11.7 Å². The molecule has 0 radical (unpaired) electrons. The number of aliphatic hydroxyl groups is 1. The second kappa shape index (κ2) is 7.09. The molecular weight excluding hydrogens is 184 g/mol. The highest BCUT2D eigenvalue weighted by atomic mass is 16.3. The van der Waals surface area contributed by atoms with Gasteiger partial charge in [-0.15, -0.1) is 12.3 Å². The van der Waals surface area contributed by atoms with E-state index in [0.29, 0.717) is 11.8 Å². The van der Waals surface area contributed by atoms with E-state index in [-0.39, 0.29) is 6.61 Å². The average molecular weight is 202 g/mol. The number of hydrogen-bond acceptors (Lipinski definition) is 1. The fourth-order valence-electron chi connectivity index (χ4n) is 1.76. The van der Waals surface area contributed by atoms with Gasteiger partial charge in [0.25, 0.3) is 0 Å². The van der Waals surface area contributed by atoms with E-state index in [9.17, 15) is 5.11 Å². The van der Waals surface area contributed by atoms with Gasteiger partial charge in [0.2, 0.25) is 0 Å². The molecule has 0 aromatic rings. The predicted molar refractivity (Wildman–Crippen MR) is 64.2 cm³/mol. The van der Waals surface area contributed by atoms with Crippen LogP contribution in [0.15, 0.2) is 36.5 Å². The monoisotopic (exact) mass is 202 g/mol. The second-order valence-electron chi connectivity index (χ2n) is 3.77. The highest BCUT2D eigenvalue weighted by molar-refractivity contribution is 5.20. The molecule has 0 amide bonds. The Morgan fingerprint density at radius 3 is 2.40 bits per heavy atom. The van der Waals surface area contributed by atoms with Crippen molar-refractivity contribution in [2.75, 3.05) is 6.61 Å². The molecular formula is C14H18O. The fraction of sp³-hybridized carbons (Fsp3) is 0.429. The Bertz CT molecular complexity index is 275. The smallest absolute Gasteiger partial charge is 0.0467 e. The average Bonchev–Trinajstić information content (AvgIpc) is 2.53. The Balaban J connectivity index is 2.47. The number of rotatable bonds is 5. The van der Waals surface area contributed by atoms with Gasteiger partial charge in [-0.3, -0.25) is 0 Å². The van der Waals surface area contributed by atoms with Gasteiger partial charge in [0, 0.05) is 18.9 Å². The zero-order valence-electron chi connectivity index (χ0n) is 8.97. The summed E-state index contributed by atoms with van der Waals surface area (Å²) in [6, 6.07) is 0. The van der Waals surface area contributed by atoms with Gasteiger partial charge < -0.3 is 5.11 Å². The van der Waals surface area contributed by atoms with Crippen molar-refractivity contribution in [3.05, 3.63) is 36.5 Å². The first-order valence-corrected chi connectivity index (χ1v) is 5.44. The van der Waals surface area contributed by atoms with E-state index in [2.05, 4.69) is 18.1 Å². The normalized spacial score (nSPS) is 17.3. The van der Waals surface area contributed by atoms with Crippen LogP contribution >= 0.6 is 0 Å². The maximum absolute atomic E-state index is 9.33. The molecule has 1 aliphatic rings. The summed E-state index contributed by atoms with van der Waals surface area (Å²) in [6.45, 7) is 0.226. The quantitative estimate of drug-likeness (QED) is 0.537. The summed E-state index contributed by atoms with van der Waals surface area (Å²) in [6.07, 6.45) is 20.3. The Kier molecular flexibility index (Phi) is 5.58. The summed E-state index contributed by atoms with van der Waals surface area (Å²) < 4.78 is 0. The van der Waals surface area contributed by atoms with Gasteiger partial charge in [0.05, 0.1) is 0 Å². The van der Waals surface area contributed by atoms with Crippen LogP contribution in [0.2, 0.25) is 0 Å². The van der Waals surface area contributed by atoms with Crippen LogP contribution in [0.3, 0.4) is 0 Å². The minimum atomic E-state index is 0.226. The Labute approximate surface area is 92.2 Å². The van der Waals surface area contributed by atoms with Crippen molar-refractivity contribution in [2.45, 2.75) is 19.3 Å². The van der Waals surface area contributed by atoms with Crippen molar-refractivity contribution >= 4 is 0 Å². The molecule has 0 saturated carbocycles. The molecule has 0 aromatic heterocycles. The number of terminal acetylenes is 1. The molecule has 0 aromatic carbocycles. The van der Waals surface area contributed by atoms with Crippen molar-refractivity contribution in [3.63, 3.8) is 0 Å². The van der Waals surface area contributed by atoms with E-state index in [0.717, 1.165) is 19.3 Å². The van der Waals surface area contributed by atoms with Gasteiger partial charge in [0.15, 0.2) is 0 Å². The van der Waals surface area contributed by atoms with Crippen LogP contribution in [-0.2, 0) is 0 Å². The summed E-state index contributed by atoms with van der Waals surface area (Å²) in [5.41, 5.74) is 0. The first kappa shape index (κ1) is 11.8. The molecule has 1 rings (SSSR count). The van der Waals surface area contributed by atoms with Gasteiger partial charge in [-0.05, 0) is 18.8 Å². The van der Waals surface area contributed by atoms with E-state index in [1.807, 2.05) is 24.3 Å². The molecule has 0 heterocycles. The maximum Gasteiger partial charge on any atom is 0.0467 e. The molecule has 80 valence electrons. The zero-order chi connectivity index (χ0) is 10.9. The predicted octanol–water partition coefficient (Wildman–Crippen LogP) is 2.70. The first-order valence-electron chi connectivity index (χ1n) is 5.44. The van der Waals surface area contributed by atoms with Crippen LogP contribution in [0.25, 0.3) is 0 Å². The highest BCUT2D eigenvalue weighted by Crippen LogP contribution is 2.22. The molecule has 15 heavy (non-hydrogen) atoms. The molecule has 0 saturated heterocycles. The van der Waals surface area contributed by atoms with Gasteiger partial charge >= 0.3 is 0 Å². The zero-order valence-corrected chi connectivity index (χ0v) is 8.97. The maximum atomic E-state index is 9.33. The van der Waals surface area contributed by atoms with Crippen LogP contribution in [0, 0.1) is 24.2 Å². The van der Waals surface area contributed by atoms with Gasteiger partial charge in [0.1, 0.15) is 0 Å². The third kappa shape index (κ3) is 4.18. The SMILES string of the molecule is C#CCCC[C@@H](CO)C1C=CC=CC=C1. The van der Waals surface area contributed by atoms with Gasteiger partial charge in [-0.1, -0.05) is 36.5 Å².